The van der Waals surface area contributed by atoms with Gasteiger partial charge in [0.05, 0.1) is 4.92 Å². The second-order valence-electron chi connectivity index (χ2n) is 7.38. The maximum absolute atomic E-state index is 11.5. The fourth-order valence-electron chi connectivity index (χ4n) is 3.54. The highest BCUT2D eigenvalue weighted by Gasteiger charge is 2.20. The van der Waals surface area contributed by atoms with Crippen molar-refractivity contribution >= 4 is 37.0 Å². The summed E-state index contributed by atoms with van der Waals surface area (Å²) in [5.41, 5.74) is 0.906. The normalized spacial score (nSPS) is 11.1. The van der Waals surface area contributed by atoms with Crippen LogP contribution in [0.2, 0.25) is 0 Å². The van der Waals surface area contributed by atoms with Crippen LogP contribution in [0.4, 0.5) is 17.2 Å². The fraction of sp³-hybridized carbons (Fsp3) is 0.0400. The van der Waals surface area contributed by atoms with Gasteiger partial charge in [0.2, 0.25) is 0 Å². The Balaban J connectivity index is 1.47. The summed E-state index contributed by atoms with van der Waals surface area (Å²) in [5, 5.41) is 19.8. The van der Waals surface area contributed by atoms with Crippen molar-refractivity contribution < 1.29 is 14.4 Å². The van der Waals surface area contributed by atoms with Gasteiger partial charge >= 0.3 is 0 Å². The third kappa shape index (κ3) is 4.76. The van der Waals surface area contributed by atoms with Crippen LogP contribution >= 0.6 is 8.73 Å². The van der Waals surface area contributed by atoms with E-state index < -0.39 is 4.92 Å². The first-order chi connectivity index (χ1) is 17.1. The Labute approximate surface area is 202 Å². The minimum atomic E-state index is -0.433. The second-order valence-corrected chi connectivity index (χ2v) is 8.25. The molecule has 0 radical (unpaired) electrons. The van der Waals surface area contributed by atoms with Crippen molar-refractivity contribution in [2.45, 2.75) is 0 Å². The van der Waals surface area contributed by atoms with E-state index in [4.69, 9.17) is 9.47 Å². The highest BCUT2D eigenvalue weighted by Crippen LogP contribution is 2.38. The van der Waals surface area contributed by atoms with E-state index in [9.17, 15) is 10.1 Å². The minimum Gasteiger partial charge on any atom is -0.457 e. The predicted molar refractivity (Wildman–Crippen MR) is 137 cm³/mol. The fourth-order valence-corrected chi connectivity index (χ4v) is 4.12. The van der Waals surface area contributed by atoms with E-state index in [0.29, 0.717) is 48.5 Å². The Bertz CT molecular complexity index is 1490. The first-order valence-electron chi connectivity index (χ1n) is 10.7. The van der Waals surface area contributed by atoms with Gasteiger partial charge in [-0.1, -0.05) is 30.3 Å². The Hall–Kier alpha value is -4.49. The highest BCUT2D eigenvalue weighted by molar-refractivity contribution is 7.35. The molecule has 9 nitrogen and oxygen atoms in total. The van der Waals surface area contributed by atoms with Gasteiger partial charge in [0.25, 0.3) is 5.69 Å². The van der Waals surface area contributed by atoms with Gasteiger partial charge < -0.3 is 14.8 Å². The molecule has 0 saturated carbocycles. The molecule has 1 unspecified atom stereocenters. The van der Waals surface area contributed by atoms with Crippen molar-refractivity contribution in [3.05, 3.63) is 101 Å². The Kier molecular flexibility index (Phi) is 6.24. The van der Waals surface area contributed by atoms with Crippen LogP contribution < -0.4 is 14.8 Å². The van der Waals surface area contributed by atoms with Crippen LogP contribution in [0.25, 0.3) is 11.0 Å². The van der Waals surface area contributed by atoms with E-state index in [1.807, 2.05) is 61.3 Å². The molecule has 0 bridgehead atoms. The maximum atomic E-state index is 11.5. The van der Waals surface area contributed by atoms with Crippen LogP contribution in [0.5, 0.6) is 23.0 Å². The van der Waals surface area contributed by atoms with Gasteiger partial charge in [-0.25, -0.2) is 9.44 Å². The van der Waals surface area contributed by atoms with Crippen LogP contribution in [0.1, 0.15) is 0 Å². The Morgan fingerprint density at radius 2 is 1.54 bits per heavy atom. The largest absolute Gasteiger partial charge is 0.457 e. The van der Waals surface area contributed by atoms with E-state index in [0.717, 1.165) is 5.75 Å². The second kappa shape index (κ2) is 9.79. The molecule has 0 spiro atoms. The average Bonchev–Trinajstić information content (AvgIpc) is 3.24. The summed E-state index contributed by atoms with van der Waals surface area (Å²) in [6, 6.07) is 25.0. The minimum absolute atomic E-state index is 0.0467. The van der Waals surface area contributed by atoms with Gasteiger partial charge in [0.15, 0.2) is 11.5 Å². The zero-order valence-electron chi connectivity index (χ0n) is 18.6. The van der Waals surface area contributed by atoms with Gasteiger partial charge in [0.1, 0.15) is 34.1 Å². The number of nitrogens with one attached hydrogen (secondary N) is 1. The van der Waals surface area contributed by atoms with E-state index in [1.54, 1.807) is 34.9 Å². The van der Waals surface area contributed by atoms with E-state index in [1.165, 1.54) is 6.07 Å². The average molecular weight is 485 g/mol. The number of hydrogen-bond donors (Lipinski definition) is 1. The standard InChI is InChI=1S/C25H20N5O4P/c1-35-29-25-23(24(28-29)27-20-9-5-6-10-21(20)30(31)32)22(15-16-26-25)34-19-13-11-18(12-14-19)33-17-7-3-2-4-8-17/h2-16,35H,1H3,(H,27,28). The summed E-state index contributed by atoms with van der Waals surface area (Å²) < 4.78 is 13.8. The smallest absolute Gasteiger partial charge is 0.292 e. The highest BCUT2D eigenvalue weighted by atomic mass is 31.1. The third-order valence-electron chi connectivity index (χ3n) is 5.13. The lowest BCUT2D eigenvalue weighted by molar-refractivity contribution is -0.383. The summed E-state index contributed by atoms with van der Waals surface area (Å²) in [6.07, 6.45) is 1.65. The number of fused-ring (bicyclic) bond motifs is 1. The molecule has 5 aromatic rings. The molecule has 3 aromatic carbocycles. The molecule has 0 aliphatic rings. The van der Waals surface area contributed by atoms with Crippen molar-refractivity contribution in [3.8, 4) is 23.0 Å². The van der Waals surface area contributed by atoms with Gasteiger partial charge in [-0.15, -0.1) is 5.10 Å². The number of nitrogens with zero attached hydrogens (tertiary/aromatic N) is 4. The topological polar surface area (TPSA) is 104 Å². The van der Waals surface area contributed by atoms with Gasteiger partial charge in [0, 0.05) is 27.1 Å². The monoisotopic (exact) mass is 485 g/mol. The van der Waals surface area contributed by atoms with Gasteiger partial charge in [-0.3, -0.25) is 10.1 Å². The van der Waals surface area contributed by atoms with Crippen molar-refractivity contribution in [1.29, 1.82) is 0 Å². The Morgan fingerprint density at radius 1 is 0.886 bits per heavy atom. The molecule has 0 amide bonds. The van der Waals surface area contributed by atoms with Crippen LogP contribution in [0, 0.1) is 10.1 Å². The lowest BCUT2D eigenvalue weighted by Gasteiger charge is -2.10. The number of nitro groups is 1. The quantitative estimate of drug-likeness (QED) is 0.147. The third-order valence-corrected chi connectivity index (χ3v) is 5.86. The van der Waals surface area contributed by atoms with Crippen molar-refractivity contribution in [3.63, 3.8) is 0 Å². The van der Waals surface area contributed by atoms with Crippen molar-refractivity contribution in [2.75, 3.05) is 12.0 Å². The van der Waals surface area contributed by atoms with E-state index >= 15 is 0 Å². The number of benzene rings is 3. The van der Waals surface area contributed by atoms with E-state index in [-0.39, 0.29) is 5.69 Å². The lowest BCUT2D eigenvalue weighted by Crippen LogP contribution is -1.98. The number of nitro benzene ring substituents is 1. The van der Waals surface area contributed by atoms with Gasteiger partial charge in [-0.05, 0) is 49.1 Å². The number of hydrogen-bond acceptors (Lipinski definition) is 7. The van der Waals surface area contributed by atoms with Crippen LogP contribution in [-0.4, -0.2) is 26.1 Å². The molecule has 1 atom stereocenters. The van der Waals surface area contributed by atoms with Crippen LogP contribution in [-0.2, 0) is 0 Å². The molecule has 35 heavy (non-hydrogen) atoms. The number of ether oxygens (including phenoxy) is 2. The summed E-state index contributed by atoms with van der Waals surface area (Å²) in [4.78, 5) is 15.5. The Morgan fingerprint density at radius 3 is 2.26 bits per heavy atom. The molecule has 5 rings (SSSR count). The van der Waals surface area contributed by atoms with Crippen LogP contribution in [0.3, 0.4) is 0 Å². The summed E-state index contributed by atoms with van der Waals surface area (Å²) in [5.74, 6) is 2.98. The SMILES string of the molecule is CPn1nc(Nc2ccccc2[N+](=O)[O-])c2c(Oc3ccc(Oc4ccccc4)cc3)ccnc21. The zero-order valence-corrected chi connectivity index (χ0v) is 19.6. The molecule has 0 aliphatic heterocycles. The molecule has 0 fully saturated rings. The van der Waals surface area contributed by atoms with E-state index in [2.05, 4.69) is 15.4 Å². The first kappa shape index (κ1) is 22.3. The summed E-state index contributed by atoms with van der Waals surface area (Å²) in [7, 11) is 0.304. The zero-order chi connectivity index (χ0) is 24.2. The molecule has 174 valence electrons. The molecule has 10 heteroatoms. The molecular weight excluding hydrogens is 465 g/mol. The van der Waals surface area contributed by atoms with Crippen LogP contribution in [0.15, 0.2) is 91.1 Å². The molecule has 2 heterocycles. The van der Waals surface area contributed by atoms with Crippen molar-refractivity contribution in [1.82, 2.24) is 14.5 Å². The van der Waals surface area contributed by atoms with Crippen molar-refractivity contribution in [2.24, 2.45) is 0 Å². The predicted octanol–water partition coefficient (Wildman–Crippen LogP) is 6.74. The lowest BCUT2D eigenvalue weighted by atomic mass is 10.2. The number of rotatable bonds is 8. The maximum Gasteiger partial charge on any atom is 0.292 e. The summed E-state index contributed by atoms with van der Waals surface area (Å²) in [6.45, 7) is 1.97. The number of anilines is 2. The molecule has 2 aromatic heterocycles. The number of pyridine rings is 1. The molecular formula is C25H20N5O4P. The molecule has 0 aliphatic carbocycles. The number of aromatic nitrogens is 3. The summed E-state index contributed by atoms with van der Waals surface area (Å²) >= 11 is 0. The molecule has 0 saturated heterocycles. The van der Waals surface area contributed by atoms with Gasteiger partial charge in [-0.2, -0.15) is 0 Å². The first-order valence-corrected chi connectivity index (χ1v) is 12.1. The molecule has 1 N–H and O–H groups in total. The number of para-hydroxylation sites is 3.